The van der Waals surface area contributed by atoms with E-state index in [1.165, 1.54) is 18.3 Å². The Morgan fingerprint density at radius 3 is 2.88 bits per heavy atom. The fraction of sp³-hybridized carbons (Fsp3) is 0.111. The second-order valence-corrected chi connectivity index (χ2v) is 3.79. The molecule has 0 aliphatic carbocycles. The van der Waals surface area contributed by atoms with Crippen molar-refractivity contribution in [3.05, 3.63) is 40.1 Å². The molecule has 0 aromatic carbocycles. The second kappa shape index (κ2) is 4.23. The Labute approximate surface area is 94.5 Å². The zero-order valence-electron chi connectivity index (χ0n) is 8.35. The lowest BCUT2D eigenvalue weighted by molar-refractivity contribution is 0.102. The molecule has 7 heteroatoms. The van der Waals surface area contributed by atoms with Crippen LogP contribution in [0.4, 0.5) is 5.13 Å². The number of aryl methyl sites for hydroxylation is 1. The molecule has 16 heavy (non-hydrogen) atoms. The van der Waals surface area contributed by atoms with Crippen LogP contribution in [0.1, 0.15) is 16.2 Å². The number of amides is 1. The summed E-state index contributed by atoms with van der Waals surface area (Å²) in [5.74, 6) is 0.286. The molecule has 2 heterocycles. The second-order valence-electron chi connectivity index (χ2n) is 3.04. The van der Waals surface area contributed by atoms with Gasteiger partial charge in [-0.05, 0) is 13.0 Å². The van der Waals surface area contributed by atoms with Gasteiger partial charge in [0.25, 0.3) is 5.91 Å². The maximum absolute atomic E-state index is 11.6. The summed E-state index contributed by atoms with van der Waals surface area (Å²) < 4.78 is 3.94. The fourth-order valence-electron chi connectivity index (χ4n) is 1.07. The van der Waals surface area contributed by atoms with Crippen molar-refractivity contribution in [2.75, 3.05) is 5.32 Å². The number of nitrogens with zero attached hydrogens (tertiary/aromatic N) is 2. The van der Waals surface area contributed by atoms with Gasteiger partial charge < -0.3 is 4.98 Å². The molecular weight excluding hydrogens is 228 g/mol. The van der Waals surface area contributed by atoms with Gasteiger partial charge in [-0.15, -0.1) is 0 Å². The molecule has 0 fully saturated rings. The van der Waals surface area contributed by atoms with Crippen LogP contribution in [0.15, 0.2) is 23.1 Å². The number of rotatable bonds is 2. The Morgan fingerprint density at radius 2 is 2.31 bits per heavy atom. The Kier molecular flexibility index (Phi) is 2.78. The molecule has 2 aromatic rings. The molecule has 0 unspecified atom stereocenters. The third-order valence-electron chi connectivity index (χ3n) is 1.79. The summed E-state index contributed by atoms with van der Waals surface area (Å²) in [4.78, 5) is 28.9. The van der Waals surface area contributed by atoms with Gasteiger partial charge in [-0.2, -0.15) is 4.37 Å². The van der Waals surface area contributed by atoms with E-state index in [0.29, 0.717) is 16.5 Å². The number of hydrogen-bond acceptors (Lipinski definition) is 5. The van der Waals surface area contributed by atoms with Gasteiger partial charge in [0.15, 0.2) is 0 Å². The van der Waals surface area contributed by atoms with E-state index in [-0.39, 0.29) is 11.5 Å². The molecule has 6 nitrogen and oxygen atoms in total. The van der Waals surface area contributed by atoms with Crippen molar-refractivity contribution in [1.82, 2.24) is 14.3 Å². The van der Waals surface area contributed by atoms with Gasteiger partial charge in [-0.1, -0.05) is 0 Å². The number of carbonyl (C=O) groups is 1. The van der Waals surface area contributed by atoms with Crippen molar-refractivity contribution in [1.29, 1.82) is 0 Å². The van der Waals surface area contributed by atoms with Crippen LogP contribution in [0.3, 0.4) is 0 Å². The number of aromatic amines is 1. The summed E-state index contributed by atoms with van der Waals surface area (Å²) in [6.45, 7) is 1.74. The van der Waals surface area contributed by atoms with Crippen molar-refractivity contribution in [2.24, 2.45) is 0 Å². The highest BCUT2D eigenvalue weighted by Crippen LogP contribution is 2.11. The molecule has 2 aromatic heterocycles. The molecule has 2 N–H and O–H groups in total. The highest BCUT2D eigenvalue weighted by molar-refractivity contribution is 7.09. The van der Waals surface area contributed by atoms with Crippen LogP contribution in [-0.4, -0.2) is 20.2 Å². The van der Waals surface area contributed by atoms with E-state index in [2.05, 4.69) is 19.7 Å². The minimum absolute atomic E-state index is 0.247. The first kappa shape index (κ1) is 10.5. The van der Waals surface area contributed by atoms with E-state index >= 15 is 0 Å². The predicted octanol–water partition coefficient (Wildman–Crippen LogP) is 0.787. The molecule has 0 atom stereocenters. The Bertz CT molecular complexity index is 554. The van der Waals surface area contributed by atoms with Crippen molar-refractivity contribution in [3.63, 3.8) is 0 Å². The monoisotopic (exact) mass is 236 g/mol. The molecule has 0 radical (unpaired) electrons. The van der Waals surface area contributed by atoms with Crippen LogP contribution in [0.2, 0.25) is 0 Å². The molecular formula is C9H8N4O2S. The lowest BCUT2D eigenvalue weighted by atomic mass is 10.3. The topological polar surface area (TPSA) is 87.7 Å². The summed E-state index contributed by atoms with van der Waals surface area (Å²) in [6, 6.07) is 2.74. The lowest BCUT2D eigenvalue weighted by Crippen LogP contribution is -2.14. The number of carbonyl (C=O) groups excluding carboxylic acids is 1. The first-order chi connectivity index (χ1) is 7.65. The van der Waals surface area contributed by atoms with Gasteiger partial charge in [0.2, 0.25) is 10.7 Å². The maximum atomic E-state index is 11.6. The van der Waals surface area contributed by atoms with E-state index in [4.69, 9.17) is 0 Å². The first-order valence-corrected chi connectivity index (χ1v) is 5.23. The molecule has 0 spiro atoms. The van der Waals surface area contributed by atoms with E-state index in [1.807, 2.05) is 0 Å². The standard InChI is InChI=1S/C9H8N4O2S/c1-5-11-9(16-13-5)12-8(15)6-2-3-7(14)10-4-6/h2-4H,1H3,(H,10,14)(H,11,12,13,15). The minimum Gasteiger partial charge on any atom is -0.328 e. The summed E-state index contributed by atoms with van der Waals surface area (Å²) in [5, 5.41) is 3.02. The number of hydrogen-bond donors (Lipinski definition) is 2. The predicted molar refractivity (Wildman–Crippen MR) is 59.7 cm³/mol. The average Bonchev–Trinajstić information content (AvgIpc) is 2.65. The normalized spacial score (nSPS) is 10.1. The van der Waals surface area contributed by atoms with E-state index < -0.39 is 0 Å². The molecule has 1 amide bonds. The van der Waals surface area contributed by atoms with Gasteiger partial charge in [0.1, 0.15) is 5.82 Å². The minimum atomic E-state index is -0.326. The fourth-order valence-corrected chi connectivity index (χ4v) is 1.64. The van der Waals surface area contributed by atoms with Crippen molar-refractivity contribution >= 4 is 22.6 Å². The molecule has 0 saturated heterocycles. The first-order valence-electron chi connectivity index (χ1n) is 4.45. The van der Waals surface area contributed by atoms with Gasteiger partial charge in [-0.25, -0.2) is 4.98 Å². The van der Waals surface area contributed by atoms with Crippen molar-refractivity contribution in [2.45, 2.75) is 6.92 Å². The van der Waals surface area contributed by atoms with Crippen LogP contribution < -0.4 is 10.9 Å². The molecule has 0 aliphatic heterocycles. The third-order valence-corrected chi connectivity index (χ3v) is 2.52. The zero-order chi connectivity index (χ0) is 11.5. The van der Waals surface area contributed by atoms with E-state index in [9.17, 15) is 9.59 Å². The molecule has 0 saturated carbocycles. The Morgan fingerprint density at radius 1 is 1.50 bits per heavy atom. The smallest absolute Gasteiger partial charge is 0.258 e. The van der Waals surface area contributed by atoms with Gasteiger partial charge in [0.05, 0.1) is 5.56 Å². The van der Waals surface area contributed by atoms with Gasteiger partial charge >= 0.3 is 0 Å². The SMILES string of the molecule is Cc1nsc(NC(=O)c2ccc(=O)[nH]c2)n1. The molecule has 0 aliphatic rings. The van der Waals surface area contributed by atoms with Crippen LogP contribution >= 0.6 is 11.5 Å². The van der Waals surface area contributed by atoms with Crippen LogP contribution in [0.25, 0.3) is 0 Å². The van der Waals surface area contributed by atoms with Gasteiger partial charge in [0, 0.05) is 23.8 Å². The highest BCUT2D eigenvalue weighted by atomic mass is 32.1. The quantitative estimate of drug-likeness (QED) is 0.806. The van der Waals surface area contributed by atoms with E-state index in [1.54, 1.807) is 6.92 Å². The largest absolute Gasteiger partial charge is 0.328 e. The number of anilines is 1. The zero-order valence-corrected chi connectivity index (χ0v) is 9.17. The van der Waals surface area contributed by atoms with Crippen molar-refractivity contribution in [3.8, 4) is 0 Å². The summed E-state index contributed by atoms with van der Waals surface area (Å²) >= 11 is 1.11. The van der Waals surface area contributed by atoms with Gasteiger partial charge in [-0.3, -0.25) is 14.9 Å². The summed E-state index contributed by atoms with van der Waals surface area (Å²) in [7, 11) is 0. The number of pyridine rings is 1. The van der Waals surface area contributed by atoms with Crippen molar-refractivity contribution < 1.29 is 4.79 Å². The number of aromatic nitrogens is 3. The Balaban J connectivity index is 2.14. The molecule has 82 valence electrons. The van der Waals surface area contributed by atoms with Crippen LogP contribution in [-0.2, 0) is 0 Å². The summed E-state index contributed by atoms with van der Waals surface area (Å²) in [5.41, 5.74) is 0.121. The third kappa shape index (κ3) is 2.31. The number of H-pyrrole nitrogens is 1. The van der Waals surface area contributed by atoms with E-state index in [0.717, 1.165) is 11.5 Å². The van der Waals surface area contributed by atoms with Crippen LogP contribution in [0, 0.1) is 6.92 Å². The summed E-state index contributed by atoms with van der Waals surface area (Å²) in [6.07, 6.45) is 1.35. The molecule has 2 rings (SSSR count). The highest BCUT2D eigenvalue weighted by Gasteiger charge is 2.08. The maximum Gasteiger partial charge on any atom is 0.258 e. The average molecular weight is 236 g/mol. The number of nitrogens with one attached hydrogen (secondary N) is 2. The van der Waals surface area contributed by atoms with Crippen LogP contribution in [0.5, 0.6) is 0 Å². The Hall–Kier alpha value is -2.02. The lowest BCUT2D eigenvalue weighted by Gasteiger charge is -1.99. The molecule has 0 bridgehead atoms.